The maximum atomic E-state index is 11.9. The van der Waals surface area contributed by atoms with Crippen LogP contribution in [0.3, 0.4) is 0 Å². The van der Waals surface area contributed by atoms with Crippen LogP contribution in [0.2, 0.25) is 0 Å². The second-order valence-electron chi connectivity index (χ2n) is 5.23. The smallest absolute Gasteiger partial charge is 0.411 e. The standard InChI is InChI=1S/C12H19NO4/c1-12(2,3)17-11(16)13-9(7-14)5-4-6-10(13)8-15/h7-10H,4-6H2,1-3H3/t9-,10-/m0/s1. The summed E-state index contributed by atoms with van der Waals surface area (Å²) in [5.74, 6) is 0. The van der Waals surface area contributed by atoms with Crippen molar-refractivity contribution in [3.63, 3.8) is 0 Å². The first kappa shape index (κ1) is 13.7. The Kier molecular flexibility index (Phi) is 4.26. The van der Waals surface area contributed by atoms with Crippen LogP contribution < -0.4 is 0 Å². The van der Waals surface area contributed by atoms with E-state index >= 15 is 0 Å². The van der Waals surface area contributed by atoms with Crippen molar-refractivity contribution in [1.82, 2.24) is 4.90 Å². The van der Waals surface area contributed by atoms with E-state index in [1.807, 2.05) is 0 Å². The predicted octanol–water partition coefficient (Wildman–Crippen LogP) is 1.54. The molecule has 0 aromatic carbocycles. The van der Waals surface area contributed by atoms with E-state index in [1.54, 1.807) is 20.8 Å². The summed E-state index contributed by atoms with van der Waals surface area (Å²) in [6.45, 7) is 5.25. The van der Waals surface area contributed by atoms with Gasteiger partial charge < -0.3 is 14.3 Å². The Labute approximate surface area is 101 Å². The molecule has 0 N–H and O–H groups in total. The van der Waals surface area contributed by atoms with Gasteiger partial charge in [-0.3, -0.25) is 4.90 Å². The van der Waals surface area contributed by atoms with Crippen LogP contribution in [0.4, 0.5) is 4.79 Å². The number of nitrogens with zero attached hydrogens (tertiary/aromatic N) is 1. The average Bonchev–Trinajstić information content (AvgIpc) is 2.25. The normalized spacial score (nSPS) is 25.2. The van der Waals surface area contributed by atoms with E-state index in [4.69, 9.17) is 4.74 Å². The Morgan fingerprint density at radius 1 is 1.18 bits per heavy atom. The van der Waals surface area contributed by atoms with Crippen molar-refractivity contribution in [2.45, 2.75) is 57.7 Å². The highest BCUT2D eigenvalue weighted by atomic mass is 16.6. The van der Waals surface area contributed by atoms with Crippen molar-refractivity contribution in [1.29, 1.82) is 0 Å². The van der Waals surface area contributed by atoms with Crippen LogP contribution in [0.1, 0.15) is 40.0 Å². The second-order valence-corrected chi connectivity index (χ2v) is 5.23. The molecular weight excluding hydrogens is 222 g/mol. The summed E-state index contributed by atoms with van der Waals surface area (Å²) in [5.41, 5.74) is -0.630. The Bertz CT molecular complexity index is 292. The zero-order valence-corrected chi connectivity index (χ0v) is 10.5. The van der Waals surface area contributed by atoms with Crippen molar-refractivity contribution >= 4 is 18.7 Å². The minimum Gasteiger partial charge on any atom is -0.444 e. The fourth-order valence-corrected chi connectivity index (χ4v) is 1.91. The third-order valence-electron chi connectivity index (χ3n) is 2.63. The molecule has 0 aromatic heterocycles. The lowest BCUT2D eigenvalue weighted by Crippen LogP contribution is -2.53. The minimum atomic E-state index is -0.630. The summed E-state index contributed by atoms with van der Waals surface area (Å²) < 4.78 is 5.21. The van der Waals surface area contributed by atoms with Crippen LogP contribution in [0.15, 0.2) is 0 Å². The molecular formula is C12H19NO4. The number of hydrogen-bond acceptors (Lipinski definition) is 4. The quantitative estimate of drug-likeness (QED) is 0.688. The number of piperidine rings is 1. The van der Waals surface area contributed by atoms with Gasteiger partial charge in [-0.1, -0.05) is 0 Å². The highest BCUT2D eigenvalue weighted by molar-refractivity contribution is 5.78. The third-order valence-corrected chi connectivity index (χ3v) is 2.63. The number of amides is 1. The number of aldehydes is 2. The van der Waals surface area contributed by atoms with Crippen LogP contribution in [0.5, 0.6) is 0 Å². The van der Waals surface area contributed by atoms with Gasteiger partial charge in [0.25, 0.3) is 0 Å². The van der Waals surface area contributed by atoms with Gasteiger partial charge >= 0.3 is 6.09 Å². The molecule has 5 heteroatoms. The maximum Gasteiger partial charge on any atom is 0.411 e. The van der Waals surface area contributed by atoms with Crippen molar-refractivity contribution < 1.29 is 19.1 Å². The van der Waals surface area contributed by atoms with Gasteiger partial charge in [0.05, 0.1) is 12.1 Å². The fourth-order valence-electron chi connectivity index (χ4n) is 1.91. The van der Waals surface area contributed by atoms with Gasteiger partial charge in [-0.2, -0.15) is 0 Å². The van der Waals surface area contributed by atoms with Gasteiger partial charge in [0.2, 0.25) is 0 Å². The highest BCUT2D eigenvalue weighted by Gasteiger charge is 2.36. The van der Waals surface area contributed by atoms with Gasteiger partial charge in [-0.25, -0.2) is 4.79 Å². The Balaban J connectivity index is 2.83. The molecule has 1 heterocycles. The molecule has 96 valence electrons. The molecule has 1 saturated heterocycles. The van der Waals surface area contributed by atoms with E-state index < -0.39 is 23.8 Å². The summed E-state index contributed by atoms with van der Waals surface area (Å²) in [7, 11) is 0. The van der Waals surface area contributed by atoms with Crippen LogP contribution in [0.25, 0.3) is 0 Å². The van der Waals surface area contributed by atoms with E-state index in [1.165, 1.54) is 4.90 Å². The Hall–Kier alpha value is -1.39. The average molecular weight is 241 g/mol. The zero-order valence-electron chi connectivity index (χ0n) is 10.5. The van der Waals surface area contributed by atoms with Gasteiger partial charge in [0.15, 0.2) is 0 Å². The number of ether oxygens (including phenoxy) is 1. The lowest BCUT2D eigenvalue weighted by Gasteiger charge is -2.37. The monoisotopic (exact) mass is 241 g/mol. The first-order valence-electron chi connectivity index (χ1n) is 5.81. The lowest BCUT2D eigenvalue weighted by atomic mass is 9.97. The van der Waals surface area contributed by atoms with E-state index in [0.717, 1.165) is 6.42 Å². The summed E-state index contributed by atoms with van der Waals surface area (Å²) in [6, 6.07) is -1.09. The topological polar surface area (TPSA) is 63.7 Å². The molecule has 0 aliphatic carbocycles. The van der Waals surface area contributed by atoms with Crippen molar-refractivity contribution in [3.05, 3.63) is 0 Å². The van der Waals surface area contributed by atoms with Crippen molar-refractivity contribution in [2.24, 2.45) is 0 Å². The molecule has 1 amide bonds. The van der Waals surface area contributed by atoms with Crippen molar-refractivity contribution in [3.8, 4) is 0 Å². The number of carbonyl (C=O) groups is 3. The van der Waals surface area contributed by atoms with Gasteiger partial charge in [-0.15, -0.1) is 0 Å². The molecule has 0 aromatic rings. The van der Waals surface area contributed by atoms with E-state index in [-0.39, 0.29) is 0 Å². The van der Waals surface area contributed by atoms with Crippen LogP contribution >= 0.6 is 0 Å². The molecule has 1 aliphatic rings. The molecule has 1 fully saturated rings. The van der Waals surface area contributed by atoms with Crippen LogP contribution in [-0.2, 0) is 14.3 Å². The first-order chi connectivity index (χ1) is 7.89. The second kappa shape index (κ2) is 5.29. The summed E-state index contributed by atoms with van der Waals surface area (Å²) in [4.78, 5) is 35.1. The molecule has 2 atom stereocenters. The zero-order chi connectivity index (χ0) is 13.1. The molecule has 0 unspecified atom stereocenters. The number of carbonyl (C=O) groups excluding carboxylic acids is 3. The van der Waals surface area contributed by atoms with E-state index in [9.17, 15) is 14.4 Å². The highest BCUT2D eigenvalue weighted by Crippen LogP contribution is 2.23. The first-order valence-corrected chi connectivity index (χ1v) is 5.81. The number of rotatable bonds is 2. The minimum absolute atomic E-state index is 0.547. The van der Waals surface area contributed by atoms with Crippen LogP contribution in [-0.4, -0.2) is 41.3 Å². The third kappa shape index (κ3) is 3.54. The molecule has 0 saturated carbocycles. The maximum absolute atomic E-state index is 11.9. The Morgan fingerprint density at radius 2 is 1.65 bits per heavy atom. The summed E-state index contributed by atoms with van der Waals surface area (Å²) >= 11 is 0. The molecule has 0 radical (unpaired) electrons. The molecule has 17 heavy (non-hydrogen) atoms. The summed E-state index contributed by atoms with van der Waals surface area (Å²) in [6.07, 6.45) is 2.78. The van der Waals surface area contributed by atoms with Crippen molar-refractivity contribution in [2.75, 3.05) is 0 Å². The largest absolute Gasteiger partial charge is 0.444 e. The van der Waals surface area contributed by atoms with Crippen LogP contribution in [0, 0.1) is 0 Å². The van der Waals surface area contributed by atoms with Gasteiger partial charge in [0, 0.05) is 0 Å². The fraction of sp³-hybridized carbons (Fsp3) is 0.750. The predicted molar refractivity (Wildman–Crippen MR) is 61.6 cm³/mol. The lowest BCUT2D eigenvalue weighted by molar-refractivity contribution is -0.120. The SMILES string of the molecule is CC(C)(C)OC(=O)N1[C@H](C=O)CCC[C@H]1C=O. The Morgan fingerprint density at radius 3 is 2.00 bits per heavy atom. The van der Waals surface area contributed by atoms with Gasteiger partial charge in [0.1, 0.15) is 18.2 Å². The number of hydrogen-bond donors (Lipinski definition) is 0. The summed E-state index contributed by atoms with van der Waals surface area (Å²) in [5, 5.41) is 0. The molecule has 1 aliphatic heterocycles. The molecule has 0 spiro atoms. The molecule has 1 rings (SSSR count). The van der Waals surface area contributed by atoms with E-state index in [2.05, 4.69) is 0 Å². The molecule has 5 nitrogen and oxygen atoms in total. The number of likely N-dealkylation sites (tertiary alicyclic amines) is 1. The molecule has 0 bridgehead atoms. The van der Waals surface area contributed by atoms with Gasteiger partial charge in [-0.05, 0) is 40.0 Å². The van der Waals surface area contributed by atoms with E-state index in [0.29, 0.717) is 25.4 Å².